The molecule has 0 spiro atoms. The summed E-state index contributed by atoms with van der Waals surface area (Å²) < 4.78 is 28.4. The second-order valence-corrected chi connectivity index (χ2v) is 12.1. The van der Waals surface area contributed by atoms with Gasteiger partial charge in [-0.05, 0) is 36.5 Å². The van der Waals surface area contributed by atoms with Crippen molar-refractivity contribution in [2.75, 3.05) is 33.4 Å². The van der Waals surface area contributed by atoms with Gasteiger partial charge < -0.3 is 14.9 Å². The first-order chi connectivity index (χ1) is 18.9. The van der Waals surface area contributed by atoms with Crippen LogP contribution in [-0.4, -0.2) is 44.1 Å². The number of carbonyl (C=O) groups excluding carboxylic acids is 1. The molecule has 0 saturated carbocycles. The van der Waals surface area contributed by atoms with Gasteiger partial charge in [0, 0.05) is 19.3 Å². The lowest BCUT2D eigenvalue weighted by atomic mass is 9.94. The molecule has 0 aliphatic carbocycles. The molecule has 8 heteroatoms. The topological polar surface area (TPSA) is 98.7 Å². The molecule has 2 atom stereocenters. The van der Waals surface area contributed by atoms with Gasteiger partial charge in [-0.25, -0.2) is 4.57 Å². The van der Waals surface area contributed by atoms with Gasteiger partial charge in [0.05, 0.1) is 33.4 Å². The number of ketones is 1. The molecule has 226 valence electrons. The highest BCUT2D eigenvalue weighted by atomic mass is 31.2. The van der Waals surface area contributed by atoms with Crippen molar-refractivity contribution in [2.45, 2.75) is 117 Å². The first-order valence-electron chi connectivity index (χ1n) is 15.5. The van der Waals surface area contributed by atoms with Crippen molar-refractivity contribution in [3.63, 3.8) is 0 Å². The number of hydrogen-bond donors (Lipinski definition) is 2. The molecule has 0 bridgehead atoms. The van der Waals surface area contributed by atoms with Crippen LogP contribution in [0.1, 0.15) is 116 Å². The maximum absolute atomic E-state index is 12.2. The minimum atomic E-state index is -4.13. The zero-order valence-electron chi connectivity index (χ0n) is 25.0. The molecule has 7 nitrogen and oxygen atoms in total. The predicted molar refractivity (Wildman–Crippen MR) is 159 cm³/mol. The minimum Gasteiger partial charge on any atom is -0.494 e. The highest BCUT2D eigenvalue weighted by Crippen LogP contribution is 2.44. The van der Waals surface area contributed by atoms with Crippen molar-refractivity contribution in [1.82, 2.24) is 0 Å². The molecular formula is C31H57NO6P+. The zero-order valence-corrected chi connectivity index (χ0v) is 25.9. The van der Waals surface area contributed by atoms with Gasteiger partial charge in [0.1, 0.15) is 11.5 Å². The standard InChI is InChI=1S/C31H56NO6P/c1-4-6-7-8-9-10-11-12-13-14-15-16-23-36-31-20-18-28(19-21-31)25-29(26-30(33)5-2)27-38-39(34,35)37-24-17-22-32-3/h18-21,29,32H,4-17,22-27H2,1-3H3,(H,34,35)/p+1. The number of ether oxygens (including phenoxy) is 1. The van der Waals surface area contributed by atoms with Crippen molar-refractivity contribution in [3.05, 3.63) is 29.8 Å². The van der Waals surface area contributed by atoms with E-state index in [0.717, 1.165) is 30.9 Å². The summed E-state index contributed by atoms with van der Waals surface area (Å²) >= 11 is 0. The second-order valence-electron chi connectivity index (χ2n) is 10.7. The van der Waals surface area contributed by atoms with Crippen LogP contribution in [0.5, 0.6) is 5.75 Å². The summed E-state index contributed by atoms with van der Waals surface area (Å²) in [5, 5.41) is 1.98. The summed E-state index contributed by atoms with van der Waals surface area (Å²) in [6.07, 6.45) is 17.9. The highest BCUT2D eigenvalue weighted by Gasteiger charge is 2.24. The Balaban J connectivity index is 2.30. The first kappa shape index (κ1) is 35.8. The van der Waals surface area contributed by atoms with E-state index < -0.39 is 7.82 Å². The Labute approximate surface area is 238 Å². The number of nitrogens with two attached hydrogens (primary N) is 1. The fourth-order valence-electron chi connectivity index (χ4n) is 4.55. The lowest BCUT2D eigenvalue weighted by Gasteiger charge is -2.19. The van der Waals surface area contributed by atoms with Crippen LogP contribution in [-0.2, 0) is 24.8 Å². The number of carbonyl (C=O) groups is 1. The summed E-state index contributed by atoms with van der Waals surface area (Å²) in [5.41, 5.74) is 1.04. The average Bonchev–Trinajstić information content (AvgIpc) is 2.93. The molecule has 2 unspecified atom stereocenters. The Bertz CT molecular complexity index is 773. The summed E-state index contributed by atoms with van der Waals surface area (Å²) in [7, 11) is -2.20. The lowest BCUT2D eigenvalue weighted by molar-refractivity contribution is -0.627. The Kier molecular flexibility index (Phi) is 21.5. The minimum absolute atomic E-state index is 0.00334. The van der Waals surface area contributed by atoms with E-state index in [0.29, 0.717) is 25.7 Å². The van der Waals surface area contributed by atoms with Gasteiger partial charge in [0.2, 0.25) is 0 Å². The zero-order chi connectivity index (χ0) is 28.6. The van der Waals surface area contributed by atoms with Gasteiger partial charge in [0.25, 0.3) is 0 Å². The number of quaternary nitrogens is 1. The number of phosphoric ester groups is 1. The fraction of sp³-hybridized carbons (Fsp3) is 0.774. The summed E-state index contributed by atoms with van der Waals surface area (Å²) in [6, 6.07) is 7.91. The Morgan fingerprint density at radius 2 is 1.44 bits per heavy atom. The molecule has 0 fully saturated rings. The van der Waals surface area contributed by atoms with Crippen LogP contribution < -0.4 is 10.1 Å². The smallest absolute Gasteiger partial charge is 0.472 e. The number of hydrogen-bond acceptors (Lipinski definition) is 5. The predicted octanol–water partition coefficient (Wildman–Crippen LogP) is 7.01. The maximum atomic E-state index is 12.2. The van der Waals surface area contributed by atoms with E-state index >= 15 is 0 Å². The number of phosphoric acid groups is 1. The van der Waals surface area contributed by atoms with Gasteiger partial charge in [-0.1, -0.05) is 96.6 Å². The third kappa shape index (κ3) is 20.3. The summed E-state index contributed by atoms with van der Waals surface area (Å²) in [4.78, 5) is 22.1. The van der Waals surface area contributed by atoms with Crippen molar-refractivity contribution in [2.24, 2.45) is 5.92 Å². The van der Waals surface area contributed by atoms with Crippen LogP contribution in [0, 0.1) is 5.92 Å². The van der Waals surface area contributed by atoms with Crippen LogP contribution in [0.2, 0.25) is 0 Å². The van der Waals surface area contributed by atoms with Crippen molar-refractivity contribution in [1.29, 1.82) is 0 Å². The van der Waals surface area contributed by atoms with E-state index in [1.54, 1.807) is 0 Å². The highest BCUT2D eigenvalue weighted by molar-refractivity contribution is 7.47. The van der Waals surface area contributed by atoms with Crippen LogP contribution >= 0.6 is 7.82 Å². The molecule has 3 N–H and O–H groups in total. The summed E-state index contributed by atoms with van der Waals surface area (Å²) in [5.74, 6) is 0.758. The van der Waals surface area contributed by atoms with Crippen LogP contribution in [0.25, 0.3) is 0 Å². The molecule has 0 heterocycles. The van der Waals surface area contributed by atoms with E-state index in [2.05, 4.69) is 6.92 Å². The Morgan fingerprint density at radius 1 is 0.846 bits per heavy atom. The van der Waals surface area contributed by atoms with Crippen molar-refractivity contribution in [3.8, 4) is 5.75 Å². The Morgan fingerprint density at radius 3 is 2.00 bits per heavy atom. The van der Waals surface area contributed by atoms with E-state index in [1.807, 2.05) is 43.6 Å². The van der Waals surface area contributed by atoms with Gasteiger partial charge in [-0.2, -0.15) is 0 Å². The van der Waals surface area contributed by atoms with E-state index in [9.17, 15) is 14.3 Å². The molecule has 0 radical (unpaired) electrons. The molecular weight excluding hydrogens is 513 g/mol. The molecule has 0 amide bonds. The maximum Gasteiger partial charge on any atom is 0.472 e. The van der Waals surface area contributed by atoms with E-state index in [1.165, 1.54) is 70.6 Å². The fourth-order valence-corrected chi connectivity index (χ4v) is 5.38. The molecule has 1 aromatic rings. The van der Waals surface area contributed by atoms with Gasteiger partial charge in [0.15, 0.2) is 0 Å². The van der Waals surface area contributed by atoms with Crippen LogP contribution in [0.15, 0.2) is 24.3 Å². The second kappa shape index (κ2) is 23.5. The van der Waals surface area contributed by atoms with Gasteiger partial charge in [-0.3, -0.25) is 13.8 Å². The molecule has 1 aromatic carbocycles. The molecule has 0 aromatic heterocycles. The molecule has 0 aliphatic heterocycles. The molecule has 39 heavy (non-hydrogen) atoms. The molecule has 1 rings (SSSR count). The number of benzene rings is 1. The van der Waals surface area contributed by atoms with Crippen LogP contribution in [0.4, 0.5) is 0 Å². The normalized spacial score (nSPS) is 13.7. The van der Waals surface area contributed by atoms with Gasteiger partial charge >= 0.3 is 7.82 Å². The van der Waals surface area contributed by atoms with E-state index in [-0.39, 0.29) is 24.9 Å². The molecule has 0 aliphatic rings. The molecule has 0 saturated heterocycles. The van der Waals surface area contributed by atoms with E-state index in [4.69, 9.17) is 13.8 Å². The monoisotopic (exact) mass is 570 g/mol. The third-order valence-corrected chi connectivity index (χ3v) is 7.97. The SMILES string of the molecule is CCCCCCCCCCCCCCOc1ccc(CC(COP(=O)(O)OCCC[NH2+]C)CC(=O)CC)cc1. The average molecular weight is 571 g/mol. The van der Waals surface area contributed by atoms with Crippen molar-refractivity contribution >= 4 is 13.6 Å². The quantitative estimate of drug-likeness (QED) is 0.0872. The summed E-state index contributed by atoms with van der Waals surface area (Å²) in [6.45, 7) is 5.79. The van der Waals surface area contributed by atoms with Crippen molar-refractivity contribution < 1.29 is 33.4 Å². The first-order valence-corrected chi connectivity index (χ1v) is 17.0. The third-order valence-electron chi connectivity index (χ3n) is 6.99. The Hall–Kier alpha value is -1.24. The number of rotatable bonds is 27. The number of Topliss-reactive ketones (excluding diaryl/α,β-unsaturated/α-hetero) is 1. The van der Waals surface area contributed by atoms with Gasteiger partial charge in [-0.15, -0.1) is 0 Å². The number of unbranched alkanes of at least 4 members (excludes halogenated alkanes) is 11. The largest absolute Gasteiger partial charge is 0.494 e. The lowest BCUT2D eigenvalue weighted by Crippen LogP contribution is -2.79. The van der Waals surface area contributed by atoms with Crippen LogP contribution in [0.3, 0.4) is 0 Å².